The molecule has 0 bridgehead atoms. The molecule has 1 aromatic rings. The molecule has 0 fully saturated rings. The smallest absolute Gasteiger partial charge is 0.115 e. The van der Waals surface area contributed by atoms with E-state index in [1.165, 1.54) is 0 Å². The summed E-state index contributed by atoms with van der Waals surface area (Å²) in [7, 11) is 0. The van der Waals surface area contributed by atoms with E-state index in [1.54, 1.807) is 12.1 Å². The Morgan fingerprint density at radius 1 is 1.55 bits per heavy atom. The number of thiol groups is 1. The molecule has 0 heterocycles. The Balaban J connectivity index is 2.86. The molecule has 0 radical (unpaired) electrons. The second-order valence-corrected chi connectivity index (χ2v) is 3.04. The second-order valence-electron chi connectivity index (χ2n) is 2.68. The van der Waals surface area contributed by atoms with Gasteiger partial charge in [-0.25, -0.2) is 0 Å². The summed E-state index contributed by atoms with van der Waals surface area (Å²) < 4.78 is 0. The zero-order valence-corrected chi connectivity index (χ0v) is 7.38. The minimum atomic E-state index is 0.330. The first kappa shape index (κ1) is 8.47. The van der Waals surface area contributed by atoms with E-state index in [9.17, 15) is 0 Å². The summed E-state index contributed by atoms with van der Waals surface area (Å²) in [5.41, 5.74) is 1.14. The van der Waals surface area contributed by atoms with Crippen LogP contribution in [0.5, 0.6) is 5.75 Å². The number of benzene rings is 1. The summed E-state index contributed by atoms with van der Waals surface area (Å²) in [5.74, 6) is 1.55. The number of aromatic hydroxyl groups is 1. The molecule has 11 heavy (non-hydrogen) atoms. The Morgan fingerprint density at radius 3 is 2.82 bits per heavy atom. The molecule has 1 aromatic carbocycles. The lowest BCUT2D eigenvalue weighted by Gasteiger charge is -2.07. The summed E-state index contributed by atoms with van der Waals surface area (Å²) in [6, 6.07) is 7.31. The first-order valence-electron chi connectivity index (χ1n) is 3.64. The molecule has 0 aliphatic heterocycles. The van der Waals surface area contributed by atoms with E-state index in [1.807, 2.05) is 12.1 Å². The number of phenols is 1. The topological polar surface area (TPSA) is 20.2 Å². The monoisotopic (exact) mass is 168 g/mol. The Hall–Kier alpha value is -0.630. The lowest BCUT2D eigenvalue weighted by molar-refractivity contribution is 0.474. The van der Waals surface area contributed by atoms with Crippen molar-refractivity contribution in [1.29, 1.82) is 0 Å². The van der Waals surface area contributed by atoms with Crippen molar-refractivity contribution in [2.75, 3.05) is 5.75 Å². The van der Waals surface area contributed by atoms with Crippen molar-refractivity contribution in [3.8, 4) is 5.75 Å². The van der Waals surface area contributed by atoms with Crippen molar-refractivity contribution in [2.45, 2.75) is 12.8 Å². The highest BCUT2D eigenvalue weighted by molar-refractivity contribution is 7.80. The van der Waals surface area contributed by atoms with Gasteiger partial charge in [-0.1, -0.05) is 19.1 Å². The Bertz CT molecular complexity index is 235. The van der Waals surface area contributed by atoms with Crippen LogP contribution in [0.3, 0.4) is 0 Å². The second kappa shape index (κ2) is 3.67. The first-order valence-corrected chi connectivity index (χ1v) is 4.27. The van der Waals surface area contributed by atoms with E-state index in [0.717, 1.165) is 11.3 Å². The van der Waals surface area contributed by atoms with Gasteiger partial charge in [0.25, 0.3) is 0 Å². The average Bonchev–Trinajstić information content (AvgIpc) is 2.03. The molecule has 0 amide bonds. The molecule has 0 aromatic heterocycles. The molecule has 60 valence electrons. The summed E-state index contributed by atoms with van der Waals surface area (Å²) in [6.45, 7) is 2.09. The third kappa shape index (κ3) is 2.15. The number of rotatable bonds is 2. The zero-order valence-electron chi connectivity index (χ0n) is 6.49. The quantitative estimate of drug-likeness (QED) is 0.650. The molecule has 1 N–H and O–H groups in total. The van der Waals surface area contributed by atoms with E-state index in [2.05, 4.69) is 19.6 Å². The predicted octanol–water partition coefficient (Wildman–Crippen LogP) is 2.43. The van der Waals surface area contributed by atoms with Gasteiger partial charge in [0, 0.05) is 0 Å². The van der Waals surface area contributed by atoms with Crippen molar-refractivity contribution >= 4 is 12.6 Å². The third-order valence-corrected chi connectivity index (χ3v) is 2.26. The fourth-order valence-corrected chi connectivity index (χ4v) is 1.15. The van der Waals surface area contributed by atoms with Crippen LogP contribution >= 0.6 is 12.6 Å². The van der Waals surface area contributed by atoms with Gasteiger partial charge in [-0.15, -0.1) is 0 Å². The van der Waals surface area contributed by atoms with Crippen molar-refractivity contribution in [2.24, 2.45) is 0 Å². The van der Waals surface area contributed by atoms with Gasteiger partial charge in [0.1, 0.15) is 5.75 Å². The largest absolute Gasteiger partial charge is 0.508 e. The maximum atomic E-state index is 9.13. The molecule has 2 heteroatoms. The predicted molar refractivity (Wildman–Crippen MR) is 50.4 cm³/mol. The molecular weight excluding hydrogens is 156 g/mol. The summed E-state index contributed by atoms with van der Waals surface area (Å²) in [4.78, 5) is 0. The molecule has 1 unspecified atom stereocenters. The van der Waals surface area contributed by atoms with Crippen molar-refractivity contribution in [3.63, 3.8) is 0 Å². The van der Waals surface area contributed by atoms with Crippen LogP contribution < -0.4 is 0 Å². The van der Waals surface area contributed by atoms with Crippen LogP contribution in [0, 0.1) is 0 Å². The van der Waals surface area contributed by atoms with Gasteiger partial charge in [-0.3, -0.25) is 0 Å². The normalized spacial score (nSPS) is 12.9. The standard InChI is InChI=1S/C9H12OS/c1-7(6-11)8-3-2-4-9(10)5-8/h2-5,7,10-11H,6H2,1H3. The fourth-order valence-electron chi connectivity index (χ4n) is 0.937. The van der Waals surface area contributed by atoms with Crippen molar-refractivity contribution in [1.82, 2.24) is 0 Å². The maximum Gasteiger partial charge on any atom is 0.115 e. The molecule has 0 aliphatic rings. The van der Waals surface area contributed by atoms with E-state index in [-0.39, 0.29) is 0 Å². The summed E-state index contributed by atoms with van der Waals surface area (Å²) in [5, 5.41) is 9.13. The van der Waals surface area contributed by atoms with E-state index < -0.39 is 0 Å². The highest BCUT2D eigenvalue weighted by atomic mass is 32.1. The van der Waals surface area contributed by atoms with Crippen LogP contribution in [0.25, 0.3) is 0 Å². The van der Waals surface area contributed by atoms with Gasteiger partial charge in [0.15, 0.2) is 0 Å². The molecule has 0 saturated heterocycles. The molecule has 0 spiro atoms. The van der Waals surface area contributed by atoms with Crippen LogP contribution in [0.15, 0.2) is 24.3 Å². The lowest BCUT2D eigenvalue weighted by Crippen LogP contribution is -1.93. The van der Waals surface area contributed by atoms with Crippen LogP contribution in [-0.4, -0.2) is 10.9 Å². The fraction of sp³-hybridized carbons (Fsp3) is 0.333. The molecule has 0 aliphatic carbocycles. The summed E-state index contributed by atoms with van der Waals surface area (Å²) >= 11 is 4.18. The number of hydrogen-bond acceptors (Lipinski definition) is 2. The third-order valence-electron chi connectivity index (χ3n) is 1.71. The van der Waals surface area contributed by atoms with Crippen molar-refractivity contribution in [3.05, 3.63) is 29.8 Å². The van der Waals surface area contributed by atoms with Gasteiger partial charge < -0.3 is 5.11 Å². The molecule has 1 atom stereocenters. The SMILES string of the molecule is CC(CS)c1cccc(O)c1. The van der Waals surface area contributed by atoms with Crippen LogP contribution in [0.4, 0.5) is 0 Å². The van der Waals surface area contributed by atoms with Gasteiger partial charge >= 0.3 is 0 Å². The van der Waals surface area contributed by atoms with Gasteiger partial charge in [0.05, 0.1) is 0 Å². The van der Waals surface area contributed by atoms with Crippen LogP contribution in [0.2, 0.25) is 0 Å². The van der Waals surface area contributed by atoms with E-state index in [0.29, 0.717) is 11.7 Å². The Morgan fingerprint density at radius 2 is 2.27 bits per heavy atom. The van der Waals surface area contributed by atoms with Gasteiger partial charge in [0.2, 0.25) is 0 Å². The highest BCUT2D eigenvalue weighted by Gasteiger charge is 2.02. The molecule has 1 rings (SSSR count). The molecule has 0 saturated carbocycles. The maximum absolute atomic E-state index is 9.13. The van der Waals surface area contributed by atoms with E-state index in [4.69, 9.17) is 5.11 Å². The number of hydrogen-bond donors (Lipinski definition) is 2. The zero-order chi connectivity index (χ0) is 8.27. The molecule has 1 nitrogen and oxygen atoms in total. The van der Waals surface area contributed by atoms with Gasteiger partial charge in [-0.2, -0.15) is 12.6 Å². The Kier molecular flexibility index (Phi) is 2.83. The molecular formula is C9H12OS. The van der Waals surface area contributed by atoms with E-state index >= 15 is 0 Å². The minimum absolute atomic E-state index is 0.330. The summed E-state index contributed by atoms with van der Waals surface area (Å²) in [6.07, 6.45) is 0. The number of phenolic OH excluding ortho intramolecular Hbond substituents is 1. The highest BCUT2D eigenvalue weighted by Crippen LogP contribution is 2.20. The van der Waals surface area contributed by atoms with Crippen LogP contribution in [0.1, 0.15) is 18.4 Å². The Labute approximate surface area is 72.5 Å². The average molecular weight is 168 g/mol. The van der Waals surface area contributed by atoms with Crippen LogP contribution in [-0.2, 0) is 0 Å². The van der Waals surface area contributed by atoms with Gasteiger partial charge in [-0.05, 0) is 29.4 Å². The first-order chi connectivity index (χ1) is 5.24. The minimum Gasteiger partial charge on any atom is -0.508 e. The van der Waals surface area contributed by atoms with Crippen molar-refractivity contribution < 1.29 is 5.11 Å². The lowest BCUT2D eigenvalue weighted by atomic mass is 10.0.